The van der Waals surface area contributed by atoms with E-state index in [9.17, 15) is 13.0 Å². The van der Waals surface area contributed by atoms with Crippen LogP contribution in [0.3, 0.4) is 0 Å². The molecule has 0 heterocycles. The molecule has 2 aromatic rings. The second-order valence-electron chi connectivity index (χ2n) is 5.79. The Morgan fingerprint density at radius 2 is 1.68 bits per heavy atom. The monoisotopic (exact) mass is 320 g/mol. The predicted molar refractivity (Wildman–Crippen MR) is 90.8 cm³/mol. The summed E-state index contributed by atoms with van der Waals surface area (Å²) in [6, 6.07) is 10.8. The van der Waals surface area contributed by atoms with E-state index in [1.807, 2.05) is 18.2 Å². The Balaban J connectivity index is 2.12. The summed E-state index contributed by atoms with van der Waals surface area (Å²) in [6.45, 7) is 2.21. The quantitative estimate of drug-likeness (QED) is 0.550. The molecular formula is C18H24O3S. The molecule has 120 valence electrons. The summed E-state index contributed by atoms with van der Waals surface area (Å²) in [5.74, 6) is 0. The van der Waals surface area contributed by atoms with E-state index < -0.39 is 10.1 Å². The number of hydrogen-bond donors (Lipinski definition) is 1. The van der Waals surface area contributed by atoms with Crippen LogP contribution in [0.4, 0.5) is 0 Å². The zero-order valence-corrected chi connectivity index (χ0v) is 13.9. The van der Waals surface area contributed by atoms with Crippen molar-refractivity contribution in [1.29, 1.82) is 0 Å². The summed E-state index contributed by atoms with van der Waals surface area (Å²) < 4.78 is 31.8. The van der Waals surface area contributed by atoms with Crippen LogP contribution in [0.2, 0.25) is 0 Å². The van der Waals surface area contributed by atoms with Crippen molar-refractivity contribution in [2.45, 2.75) is 56.8 Å². The maximum absolute atomic E-state index is 11.3. The summed E-state index contributed by atoms with van der Waals surface area (Å²) in [6.07, 6.45) is 8.35. The van der Waals surface area contributed by atoms with Gasteiger partial charge in [0.2, 0.25) is 0 Å². The minimum absolute atomic E-state index is 0.0320. The van der Waals surface area contributed by atoms with Gasteiger partial charge in [-0.05, 0) is 41.3 Å². The molecule has 1 N–H and O–H groups in total. The topological polar surface area (TPSA) is 54.4 Å². The first-order valence-corrected chi connectivity index (χ1v) is 9.45. The highest BCUT2D eigenvalue weighted by Gasteiger charge is 2.11. The minimum Gasteiger partial charge on any atom is -0.282 e. The second kappa shape index (κ2) is 7.75. The zero-order chi connectivity index (χ0) is 16.0. The molecule has 2 aromatic carbocycles. The predicted octanol–water partition coefficient (Wildman–Crippen LogP) is 4.99. The van der Waals surface area contributed by atoms with Crippen LogP contribution < -0.4 is 0 Å². The van der Waals surface area contributed by atoms with Crippen molar-refractivity contribution in [1.82, 2.24) is 0 Å². The average Bonchev–Trinajstić information content (AvgIpc) is 2.49. The average molecular weight is 320 g/mol. The SMILES string of the molecule is CCCCCCCCc1cccc2ccc(S(=O)(=O)O)cc12. The summed E-state index contributed by atoms with van der Waals surface area (Å²) in [5.41, 5.74) is 1.15. The van der Waals surface area contributed by atoms with E-state index >= 15 is 0 Å². The standard InChI is InChI=1S/C18H24O3S/c1-2-3-4-5-6-7-9-15-10-8-11-16-12-13-17(14-18(15)16)22(19,20)21/h8,10-14H,2-7,9H2,1H3,(H,19,20,21). The first-order chi connectivity index (χ1) is 10.5. The van der Waals surface area contributed by atoms with Crippen molar-refractivity contribution in [2.75, 3.05) is 0 Å². The van der Waals surface area contributed by atoms with Gasteiger partial charge in [-0.1, -0.05) is 63.3 Å². The van der Waals surface area contributed by atoms with E-state index in [1.54, 1.807) is 12.1 Å². The molecule has 22 heavy (non-hydrogen) atoms. The van der Waals surface area contributed by atoms with Gasteiger partial charge in [0.25, 0.3) is 10.1 Å². The minimum atomic E-state index is -4.15. The van der Waals surface area contributed by atoms with Crippen molar-refractivity contribution in [3.63, 3.8) is 0 Å². The number of hydrogen-bond acceptors (Lipinski definition) is 2. The van der Waals surface area contributed by atoms with Gasteiger partial charge < -0.3 is 0 Å². The number of benzene rings is 2. The molecule has 0 aromatic heterocycles. The number of unbranched alkanes of at least 4 members (excludes halogenated alkanes) is 5. The molecule has 0 saturated carbocycles. The Hall–Kier alpha value is -1.39. The summed E-state index contributed by atoms with van der Waals surface area (Å²) in [5, 5.41) is 1.93. The third-order valence-corrected chi connectivity index (χ3v) is 4.89. The van der Waals surface area contributed by atoms with Crippen LogP contribution in [0.25, 0.3) is 10.8 Å². The summed E-state index contributed by atoms with van der Waals surface area (Å²) in [4.78, 5) is -0.0320. The molecule has 2 rings (SSSR count). The second-order valence-corrected chi connectivity index (χ2v) is 7.21. The molecule has 0 bridgehead atoms. The molecule has 0 amide bonds. The van der Waals surface area contributed by atoms with Crippen LogP contribution in [0.15, 0.2) is 41.3 Å². The van der Waals surface area contributed by atoms with E-state index in [2.05, 4.69) is 6.92 Å². The molecule has 0 fully saturated rings. The smallest absolute Gasteiger partial charge is 0.282 e. The van der Waals surface area contributed by atoms with Crippen LogP contribution >= 0.6 is 0 Å². The van der Waals surface area contributed by atoms with E-state index in [-0.39, 0.29) is 4.90 Å². The van der Waals surface area contributed by atoms with Gasteiger partial charge in [0.05, 0.1) is 4.90 Å². The molecule has 0 saturated heterocycles. The van der Waals surface area contributed by atoms with E-state index in [1.165, 1.54) is 38.2 Å². The van der Waals surface area contributed by atoms with Crippen molar-refractivity contribution >= 4 is 20.9 Å². The van der Waals surface area contributed by atoms with E-state index in [4.69, 9.17) is 0 Å². The van der Waals surface area contributed by atoms with Gasteiger partial charge >= 0.3 is 0 Å². The van der Waals surface area contributed by atoms with Crippen LogP contribution in [0.1, 0.15) is 51.0 Å². The summed E-state index contributed by atoms with van der Waals surface area (Å²) >= 11 is 0. The molecule has 0 aliphatic carbocycles. The lowest BCUT2D eigenvalue weighted by atomic mass is 9.99. The Labute approximate surface area is 133 Å². The largest absolute Gasteiger partial charge is 0.294 e. The Morgan fingerprint density at radius 3 is 2.41 bits per heavy atom. The molecule has 4 heteroatoms. The number of rotatable bonds is 8. The van der Waals surface area contributed by atoms with Crippen LogP contribution in [-0.4, -0.2) is 13.0 Å². The maximum atomic E-state index is 11.3. The van der Waals surface area contributed by atoms with Crippen LogP contribution in [-0.2, 0) is 16.5 Å². The lowest BCUT2D eigenvalue weighted by Gasteiger charge is -2.08. The molecule has 0 unspecified atom stereocenters. The molecule has 3 nitrogen and oxygen atoms in total. The van der Waals surface area contributed by atoms with Gasteiger partial charge in [-0.15, -0.1) is 0 Å². The molecule has 0 spiro atoms. The van der Waals surface area contributed by atoms with Crippen molar-refractivity contribution in [3.8, 4) is 0 Å². The molecule has 0 atom stereocenters. The Morgan fingerprint density at radius 1 is 0.955 bits per heavy atom. The highest BCUT2D eigenvalue weighted by molar-refractivity contribution is 7.85. The third-order valence-electron chi connectivity index (χ3n) is 4.04. The summed E-state index contributed by atoms with van der Waals surface area (Å²) in [7, 11) is -4.15. The van der Waals surface area contributed by atoms with Gasteiger partial charge in [-0.2, -0.15) is 8.42 Å². The number of fused-ring (bicyclic) bond motifs is 1. The van der Waals surface area contributed by atoms with Gasteiger partial charge in [0.1, 0.15) is 0 Å². The van der Waals surface area contributed by atoms with Gasteiger partial charge in [-0.3, -0.25) is 4.55 Å². The van der Waals surface area contributed by atoms with Gasteiger partial charge in [0.15, 0.2) is 0 Å². The third kappa shape index (κ3) is 4.55. The van der Waals surface area contributed by atoms with Gasteiger partial charge in [0, 0.05) is 0 Å². The van der Waals surface area contributed by atoms with E-state index in [0.717, 1.165) is 29.2 Å². The van der Waals surface area contributed by atoms with Crippen molar-refractivity contribution in [3.05, 3.63) is 42.0 Å². The fourth-order valence-electron chi connectivity index (χ4n) is 2.79. The highest BCUT2D eigenvalue weighted by atomic mass is 32.2. The fraction of sp³-hybridized carbons (Fsp3) is 0.444. The lowest BCUT2D eigenvalue weighted by molar-refractivity contribution is 0.483. The fourth-order valence-corrected chi connectivity index (χ4v) is 3.30. The molecular weight excluding hydrogens is 296 g/mol. The highest BCUT2D eigenvalue weighted by Crippen LogP contribution is 2.24. The van der Waals surface area contributed by atoms with Crippen LogP contribution in [0, 0.1) is 0 Å². The Bertz CT molecular complexity index is 720. The molecule has 0 radical (unpaired) electrons. The normalized spacial score (nSPS) is 11.9. The first kappa shape index (κ1) is 17.0. The number of aryl methyl sites for hydroxylation is 1. The van der Waals surface area contributed by atoms with Crippen molar-refractivity contribution < 1.29 is 13.0 Å². The molecule has 0 aliphatic heterocycles. The zero-order valence-electron chi connectivity index (χ0n) is 13.1. The lowest BCUT2D eigenvalue weighted by Crippen LogP contribution is -1.98. The Kier molecular flexibility index (Phi) is 5.98. The molecule has 0 aliphatic rings. The first-order valence-electron chi connectivity index (χ1n) is 8.01. The van der Waals surface area contributed by atoms with Crippen molar-refractivity contribution in [2.24, 2.45) is 0 Å². The van der Waals surface area contributed by atoms with E-state index in [0.29, 0.717) is 0 Å². The van der Waals surface area contributed by atoms with Crippen LogP contribution in [0.5, 0.6) is 0 Å². The van der Waals surface area contributed by atoms with Gasteiger partial charge in [-0.25, -0.2) is 0 Å². The maximum Gasteiger partial charge on any atom is 0.294 e.